The minimum atomic E-state index is -2.98. The molecule has 1 aliphatic heterocycles. The van der Waals surface area contributed by atoms with Crippen LogP contribution < -0.4 is 5.01 Å². The van der Waals surface area contributed by atoms with Crippen molar-refractivity contribution >= 4 is 35.0 Å². The standard InChI is InChI=1S/C11H7ClF3N3O.C5H10O2/c1-6-16-18(10(5-19)17(6)11(14)15)9-4-7(12)2-3-8(9)13;1-3-5(6)7-4-2/h2-4,11H,1H3;3-4H2,1-2H3. The highest BCUT2D eigenvalue weighted by atomic mass is 35.5. The first-order valence-corrected chi connectivity index (χ1v) is 7.93. The van der Waals surface area contributed by atoms with Gasteiger partial charge in [-0.05, 0) is 32.0 Å². The normalized spacial score (nSPS) is 13.2. The summed E-state index contributed by atoms with van der Waals surface area (Å²) in [6.07, 6.45) is 0.480. The van der Waals surface area contributed by atoms with E-state index in [0.29, 0.717) is 17.9 Å². The number of hydrogen-bond donors (Lipinski definition) is 0. The minimum Gasteiger partial charge on any atom is -0.466 e. The Morgan fingerprint density at radius 1 is 1.38 bits per heavy atom. The highest BCUT2D eigenvalue weighted by molar-refractivity contribution is 6.30. The lowest BCUT2D eigenvalue weighted by molar-refractivity contribution is -0.142. The topological polar surface area (TPSA) is 62.2 Å². The third-order valence-electron chi connectivity index (χ3n) is 3.04. The summed E-state index contributed by atoms with van der Waals surface area (Å²) in [6, 6.07) is 3.53. The van der Waals surface area contributed by atoms with E-state index in [-0.39, 0.29) is 22.5 Å². The predicted octanol–water partition coefficient (Wildman–Crippen LogP) is 3.79. The molecule has 6 nitrogen and oxygen atoms in total. The fraction of sp³-hybridized carbons (Fsp3) is 0.375. The van der Waals surface area contributed by atoms with Crippen molar-refractivity contribution in [3.63, 3.8) is 0 Å². The molecule has 0 bridgehead atoms. The summed E-state index contributed by atoms with van der Waals surface area (Å²) in [7, 11) is 0. The van der Waals surface area contributed by atoms with E-state index in [0.717, 1.165) is 11.1 Å². The number of halogens is 4. The van der Waals surface area contributed by atoms with Crippen LogP contribution >= 0.6 is 11.6 Å². The Kier molecular flexibility index (Phi) is 8.15. The molecule has 2 rings (SSSR count). The number of amidine groups is 1. The van der Waals surface area contributed by atoms with Crippen molar-refractivity contribution in [2.45, 2.75) is 33.7 Å². The molecule has 1 heterocycles. The Hall–Kier alpha value is -2.51. The lowest BCUT2D eigenvalue weighted by Gasteiger charge is -2.20. The van der Waals surface area contributed by atoms with Gasteiger partial charge in [0.1, 0.15) is 17.3 Å². The number of alkyl halides is 2. The van der Waals surface area contributed by atoms with Crippen molar-refractivity contribution < 1.29 is 27.5 Å². The van der Waals surface area contributed by atoms with Gasteiger partial charge in [-0.25, -0.2) is 19.1 Å². The van der Waals surface area contributed by atoms with E-state index < -0.39 is 18.2 Å². The van der Waals surface area contributed by atoms with Crippen LogP contribution in [0.3, 0.4) is 0 Å². The Bertz CT molecular complexity index is 737. The number of nitrogens with zero attached hydrogens (tertiary/aromatic N) is 3. The van der Waals surface area contributed by atoms with Gasteiger partial charge in [0.15, 0.2) is 5.94 Å². The van der Waals surface area contributed by atoms with Gasteiger partial charge in [-0.2, -0.15) is 13.9 Å². The van der Waals surface area contributed by atoms with E-state index >= 15 is 0 Å². The molecule has 26 heavy (non-hydrogen) atoms. The zero-order valence-electron chi connectivity index (χ0n) is 14.3. The molecule has 142 valence electrons. The maximum Gasteiger partial charge on any atom is 0.322 e. The quantitative estimate of drug-likeness (QED) is 0.444. The van der Waals surface area contributed by atoms with Crippen LogP contribution in [0.5, 0.6) is 0 Å². The largest absolute Gasteiger partial charge is 0.466 e. The molecule has 0 aliphatic carbocycles. The minimum absolute atomic E-state index is 0.123. The summed E-state index contributed by atoms with van der Waals surface area (Å²) < 4.78 is 43.8. The Labute approximate surface area is 153 Å². The number of hydrogen-bond acceptors (Lipinski definition) is 6. The van der Waals surface area contributed by atoms with Crippen molar-refractivity contribution in [3.8, 4) is 0 Å². The lowest BCUT2D eigenvalue weighted by Crippen LogP contribution is -2.32. The average molecular weight is 392 g/mol. The molecule has 1 aliphatic rings. The summed E-state index contributed by atoms with van der Waals surface area (Å²) in [6.45, 7) is 2.36. The number of rotatable bonds is 4. The van der Waals surface area contributed by atoms with Gasteiger partial charge >= 0.3 is 12.5 Å². The first-order valence-electron chi connectivity index (χ1n) is 7.55. The number of ether oxygens (including phenoxy) is 1. The van der Waals surface area contributed by atoms with Gasteiger partial charge in [-0.1, -0.05) is 18.5 Å². The first-order chi connectivity index (χ1) is 12.3. The van der Waals surface area contributed by atoms with Crippen LogP contribution in [0.4, 0.5) is 18.9 Å². The van der Waals surface area contributed by atoms with Crippen LogP contribution in [0.2, 0.25) is 5.02 Å². The monoisotopic (exact) mass is 391 g/mol. The second-order valence-corrected chi connectivity index (χ2v) is 5.22. The Morgan fingerprint density at radius 2 is 2.04 bits per heavy atom. The van der Waals surface area contributed by atoms with E-state index in [1.807, 2.05) is 0 Å². The van der Waals surface area contributed by atoms with Gasteiger partial charge in [-0.3, -0.25) is 4.79 Å². The molecule has 10 heteroatoms. The predicted molar refractivity (Wildman–Crippen MR) is 91.0 cm³/mol. The summed E-state index contributed by atoms with van der Waals surface area (Å²) in [5.41, 5.74) is -0.201. The van der Waals surface area contributed by atoms with Gasteiger partial charge in [0.2, 0.25) is 5.82 Å². The number of carbonyl (C=O) groups is 1. The second kappa shape index (κ2) is 9.84. The molecular formula is C16H17ClF3N3O3. The fourth-order valence-electron chi connectivity index (χ4n) is 1.90. The Balaban J connectivity index is 0.000000412. The molecule has 0 aromatic heterocycles. The van der Waals surface area contributed by atoms with Gasteiger partial charge in [0.05, 0.1) is 6.61 Å². The van der Waals surface area contributed by atoms with E-state index in [2.05, 4.69) is 9.84 Å². The average Bonchev–Trinajstić information content (AvgIpc) is 2.94. The van der Waals surface area contributed by atoms with Crippen molar-refractivity contribution in [1.82, 2.24) is 4.90 Å². The fourth-order valence-corrected chi connectivity index (χ4v) is 2.07. The zero-order chi connectivity index (χ0) is 19.9. The molecule has 1 aromatic carbocycles. The maximum absolute atomic E-state index is 13.7. The number of benzene rings is 1. The smallest absolute Gasteiger partial charge is 0.322 e. The number of esters is 1. The second-order valence-electron chi connectivity index (χ2n) is 4.79. The molecule has 0 saturated carbocycles. The van der Waals surface area contributed by atoms with Crippen LogP contribution in [0.15, 0.2) is 29.1 Å². The van der Waals surface area contributed by atoms with Crippen molar-refractivity contribution in [1.29, 1.82) is 0 Å². The molecule has 0 fully saturated rings. The van der Waals surface area contributed by atoms with Crippen LogP contribution in [0.25, 0.3) is 0 Å². The third-order valence-corrected chi connectivity index (χ3v) is 3.27. The van der Waals surface area contributed by atoms with E-state index in [1.54, 1.807) is 13.8 Å². The molecular weight excluding hydrogens is 375 g/mol. The lowest BCUT2D eigenvalue weighted by atomic mass is 10.3. The molecule has 0 amide bonds. The van der Waals surface area contributed by atoms with Gasteiger partial charge in [0, 0.05) is 11.4 Å². The summed E-state index contributed by atoms with van der Waals surface area (Å²) in [4.78, 5) is 21.4. The highest BCUT2D eigenvalue weighted by Crippen LogP contribution is 2.32. The summed E-state index contributed by atoms with van der Waals surface area (Å²) >= 11 is 5.71. The van der Waals surface area contributed by atoms with Crippen molar-refractivity contribution in [2.75, 3.05) is 11.6 Å². The van der Waals surface area contributed by atoms with E-state index in [4.69, 9.17) is 11.6 Å². The van der Waals surface area contributed by atoms with Crippen LogP contribution in [0, 0.1) is 5.82 Å². The van der Waals surface area contributed by atoms with E-state index in [9.17, 15) is 22.8 Å². The van der Waals surface area contributed by atoms with Gasteiger partial charge < -0.3 is 4.74 Å². The number of hydrazone groups is 1. The zero-order valence-corrected chi connectivity index (χ0v) is 15.1. The summed E-state index contributed by atoms with van der Waals surface area (Å²) in [5.74, 6) is -0.268. The van der Waals surface area contributed by atoms with Crippen molar-refractivity contribution in [2.24, 2.45) is 5.10 Å². The van der Waals surface area contributed by atoms with Crippen LogP contribution in [0.1, 0.15) is 27.2 Å². The molecule has 0 N–H and O–H groups in total. The molecule has 0 saturated heterocycles. The summed E-state index contributed by atoms with van der Waals surface area (Å²) in [5, 5.41) is 4.64. The van der Waals surface area contributed by atoms with Gasteiger partial charge in [0.25, 0.3) is 0 Å². The molecule has 0 unspecified atom stereocenters. The molecule has 0 spiro atoms. The van der Waals surface area contributed by atoms with Crippen molar-refractivity contribution in [3.05, 3.63) is 34.9 Å². The SMILES string of the molecule is CC1=NN(c2cc(Cl)ccc2F)C(=C=O)N1C(F)F.CCOC(=O)CC. The molecule has 1 aromatic rings. The van der Waals surface area contributed by atoms with E-state index in [1.165, 1.54) is 25.0 Å². The Morgan fingerprint density at radius 3 is 2.50 bits per heavy atom. The maximum atomic E-state index is 13.7. The number of anilines is 1. The molecule has 0 atom stereocenters. The van der Waals surface area contributed by atoms with Crippen LogP contribution in [-0.4, -0.2) is 35.8 Å². The third kappa shape index (κ3) is 5.24. The van der Waals surface area contributed by atoms with Gasteiger partial charge in [-0.15, -0.1) is 0 Å². The molecule has 0 radical (unpaired) electrons. The van der Waals surface area contributed by atoms with Crippen LogP contribution in [-0.2, 0) is 14.3 Å². The number of carbonyl (C=O) groups excluding carboxylic acids is 2. The highest BCUT2D eigenvalue weighted by Gasteiger charge is 2.35. The first kappa shape index (κ1) is 21.5.